The van der Waals surface area contributed by atoms with E-state index in [0.29, 0.717) is 23.3 Å². The second kappa shape index (κ2) is 6.32. The maximum Gasteiger partial charge on any atom is 0.419 e. The van der Waals surface area contributed by atoms with Crippen LogP contribution in [0.3, 0.4) is 0 Å². The molecule has 114 valence electrons. The quantitative estimate of drug-likeness (QED) is 0.881. The minimum Gasteiger partial charge on any atom is -0.408 e. The molecule has 0 aliphatic carbocycles. The molecule has 6 nitrogen and oxygen atoms in total. The van der Waals surface area contributed by atoms with Gasteiger partial charge in [0.05, 0.1) is 11.4 Å². The van der Waals surface area contributed by atoms with E-state index in [2.05, 4.69) is 10.6 Å². The lowest BCUT2D eigenvalue weighted by Crippen LogP contribution is -2.37. The van der Waals surface area contributed by atoms with Crippen molar-refractivity contribution in [1.82, 2.24) is 9.88 Å². The Hall–Kier alpha value is -1.79. The Morgan fingerprint density at radius 2 is 2.29 bits per heavy atom. The van der Waals surface area contributed by atoms with Crippen LogP contribution in [-0.4, -0.2) is 23.6 Å². The van der Waals surface area contributed by atoms with Crippen LogP contribution in [0.25, 0.3) is 11.1 Å². The van der Waals surface area contributed by atoms with Crippen LogP contribution in [0.15, 0.2) is 27.4 Å². The van der Waals surface area contributed by atoms with Gasteiger partial charge in [-0.05, 0) is 31.5 Å². The summed E-state index contributed by atoms with van der Waals surface area (Å²) in [7, 11) is 1.65. The van der Waals surface area contributed by atoms with Crippen molar-refractivity contribution in [3.05, 3.63) is 28.7 Å². The van der Waals surface area contributed by atoms with Crippen molar-refractivity contribution >= 4 is 35.1 Å². The van der Waals surface area contributed by atoms with Gasteiger partial charge in [0, 0.05) is 25.3 Å². The number of nitrogens with zero attached hydrogens (tertiary/aromatic N) is 1. The number of hydrogen-bond acceptors (Lipinski definition) is 4. The second-order valence-corrected chi connectivity index (χ2v) is 5.14. The van der Waals surface area contributed by atoms with E-state index in [9.17, 15) is 9.59 Å². The number of piperidine rings is 1. The summed E-state index contributed by atoms with van der Waals surface area (Å²) in [6.07, 6.45) is 1.92. The van der Waals surface area contributed by atoms with Gasteiger partial charge in [0.2, 0.25) is 5.91 Å². The highest BCUT2D eigenvalue weighted by atomic mass is 35.5. The molecule has 3 rings (SSSR count). The normalized spacial score (nSPS) is 18.2. The molecule has 1 aliphatic rings. The van der Waals surface area contributed by atoms with Crippen LogP contribution in [0.5, 0.6) is 0 Å². The first-order valence-corrected chi connectivity index (χ1v) is 6.76. The Morgan fingerprint density at radius 3 is 3.00 bits per heavy atom. The number of rotatable bonds is 2. The lowest BCUT2D eigenvalue weighted by Gasteiger charge is -2.21. The fourth-order valence-corrected chi connectivity index (χ4v) is 2.53. The van der Waals surface area contributed by atoms with Gasteiger partial charge in [-0.25, -0.2) is 4.79 Å². The molecule has 1 unspecified atom stereocenters. The van der Waals surface area contributed by atoms with Crippen molar-refractivity contribution in [2.75, 3.05) is 18.4 Å². The maximum atomic E-state index is 12.1. The van der Waals surface area contributed by atoms with E-state index in [1.165, 1.54) is 4.57 Å². The fourth-order valence-electron chi connectivity index (χ4n) is 2.53. The van der Waals surface area contributed by atoms with E-state index in [1.807, 2.05) is 0 Å². The number of benzene rings is 1. The zero-order valence-corrected chi connectivity index (χ0v) is 12.5. The number of oxazole rings is 1. The summed E-state index contributed by atoms with van der Waals surface area (Å²) in [5.41, 5.74) is 1.85. The monoisotopic (exact) mass is 311 g/mol. The first-order valence-electron chi connectivity index (χ1n) is 6.76. The molecule has 21 heavy (non-hydrogen) atoms. The number of halogens is 1. The molecule has 0 spiro atoms. The predicted octanol–water partition coefficient (Wildman–Crippen LogP) is 1.49. The standard InChI is InChI=1S/C14H17N3O3.ClH/c1-17-11-5-4-10(7-12(11)20-14(17)19)16-13(18)9-3-2-6-15-8-9;/h4-5,7,9,15H,2-3,6,8H2,1H3,(H,16,18);1H. The fraction of sp³-hybridized carbons (Fsp3) is 0.429. The summed E-state index contributed by atoms with van der Waals surface area (Å²) in [6, 6.07) is 5.24. The van der Waals surface area contributed by atoms with E-state index in [4.69, 9.17) is 4.42 Å². The van der Waals surface area contributed by atoms with E-state index in [0.717, 1.165) is 19.4 Å². The van der Waals surface area contributed by atoms with Crippen LogP contribution in [-0.2, 0) is 11.8 Å². The third-order valence-electron chi connectivity index (χ3n) is 3.73. The maximum absolute atomic E-state index is 12.1. The van der Waals surface area contributed by atoms with Crippen molar-refractivity contribution in [3.8, 4) is 0 Å². The van der Waals surface area contributed by atoms with Gasteiger partial charge in [-0.15, -0.1) is 12.4 Å². The number of fused-ring (bicyclic) bond motifs is 1. The predicted molar refractivity (Wildman–Crippen MR) is 82.9 cm³/mol. The molecule has 1 saturated heterocycles. The molecule has 1 fully saturated rings. The molecule has 2 heterocycles. The topological polar surface area (TPSA) is 76.3 Å². The molecule has 0 saturated carbocycles. The zero-order chi connectivity index (χ0) is 14.1. The average molecular weight is 312 g/mol. The zero-order valence-electron chi connectivity index (χ0n) is 11.7. The van der Waals surface area contributed by atoms with Crippen LogP contribution < -0.4 is 16.4 Å². The van der Waals surface area contributed by atoms with Gasteiger partial charge in [-0.1, -0.05) is 0 Å². The molecule has 7 heteroatoms. The molecule has 2 N–H and O–H groups in total. The SMILES string of the molecule is Cl.Cn1c(=O)oc2cc(NC(=O)C3CCCNC3)ccc21. The first-order chi connectivity index (χ1) is 9.65. The van der Waals surface area contributed by atoms with E-state index in [-0.39, 0.29) is 24.2 Å². The Kier molecular flexibility index (Phi) is 4.69. The summed E-state index contributed by atoms with van der Waals surface area (Å²) < 4.78 is 6.55. The smallest absolute Gasteiger partial charge is 0.408 e. The lowest BCUT2D eigenvalue weighted by molar-refractivity contribution is -0.120. The minimum atomic E-state index is -0.403. The van der Waals surface area contributed by atoms with Gasteiger partial charge in [-0.2, -0.15) is 0 Å². The summed E-state index contributed by atoms with van der Waals surface area (Å²) in [6.45, 7) is 1.69. The molecule has 0 bridgehead atoms. The minimum absolute atomic E-state index is 0. The van der Waals surface area contributed by atoms with E-state index < -0.39 is 5.76 Å². The van der Waals surface area contributed by atoms with Gasteiger partial charge >= 0.3 is 5.76 Å². The number of anilines is 1. The van der Waals surface area contributed by atoms with Gasteiger partial charge in [0.15, 0.2) is 5.58 Å². The van der Waals surface area contributed by atoms with Crippen LogP contribution >= 0.6 is 12.4 Å². The van der Waals surface area contributed by atoms with Crippen LogP contribution in [0, 0.1) is 5.92 Å². The molecule has 1 atom stereocenters. The summed E-state index contributed by atoms with van der Waals surface area (Å²) in [4.78, 5) is 23.5. The van der Waals surface area contributed by atoms with Gasteiger partial charge < -0.3 is 15.1 Å². The molecule has 0 radical (unpaired) electrons. The first kappa shape index (κ1) is 15.6. The Morgan fingerprint density at radius 1 is 1.48 bits per heavy atom. The van der Waals surface area contributed by atoms with Crippen LogP contribution in [0.1, 0.15) is 12.8 Å². The summed E-state index contributed by atoms with van der Waals surface area (Å²) in [5, 5.41) is 6.10. The van der Waals surface area contributed by atoms with E-state index >= 15 is 0 Å². The molecule has 1 aromatic heterocycles. The highest BCUT2D eigenvalue weighted by Gasteiger charge is 2.21. The van der Waals surface area contributed by atoms with Crippen LogP contribution in [0.2, 0.25) is 0 Å². The molecule has 2 aromatic rings. The Labute approximate surface area is 127 Å². The number of hydrogen-bond donors (Lipinski definition) is 2. The Balaban J connectivity index is 0.00000161. The van der Waals surface area contributed by atoms with Gasteiger partial charge in [0.1, 0.15) is 0 Å². The van der Waals surface area contributed by atoms with Crippen molar-refractivity contribution < 1.29 is 9.21 Å². The number of carbonyl (C=O) groups excluding carboxylic acids is 1. The summed E-state index contributed by atoms with van der Waals surface area (Å²) in [5.74, 6) is -0.392. The van der Waals surface area contributed by atoms with Crippen molar-refractivity contribution in [2.45, 2.75) is 12.8 Å². The van der Waals surface area contributed by atoms with E-state index in [1.54, 1.807) is 25.2 Å². The highest BCUT2D eigenvalue weighted by molar-refractivity contribution is 5.94. The number of aryl methyl sites for hydroxylation is 1. The van der Waals surface area contributed by atoms with Crippen molar-refractivity contribution in [1.29, 1.82) is 0 Å². The summed E-state index contributed by atoms with van der Waals surface area (Å²) >= 11 is 0. The largest absolute Gasteiger partial charge is 0.419 e. The second-order valence-electron chi connectivity index (χ2n) is 5.14. The highest BCUT2D eigenvalue weighted by Crippen LogP contribution is 2.19. The third kappa shape index (κ3) is 3.11. The molecular formula is C14H18ClN3O3. The molecule has 1 aliphatic heterocycles. The van der Waals surface area contributed by atoms with Crippen molar-refractivity contribution in [3.63, 3.8) is 0 Å². The van der Waals surface area contributed by atoms with Gasteiger partial charge in [-0.3, -0.25) is 9.36 Å². The van der Waals surface area contributed by atoms with Gasteiger partial charge in [0.25, 0.3) is 0 Å². The molecular weight excluding hydrogens is 294 g/mol. The molecule has 1 amide bonds. The Bertz CT molecular complexity index is 701. The number of carbonyl (C=O) groups is 1. The number of nitrogens with one attached hydrogen (secondary N) is 2. The van der Waals surface area contributed by atoms with Crippen LogP contribution in [0.4, 0.5) is 5.69 Å². The average Bonchev–Trinajstić information content (AvgIpc) is 2.74. The molecule has 1 aromatic carbocycles. The lowest BCUT2D eigenvalue weighted by atomic mass is 9.99. The number of aromatic nitrogens is 1. The third-order valence-corrected chi connectivity index (χ3v) is 3.73. The van der Waals surface area contributed by atoms with Crippen molar-refractivity contribution in [2.24, 2.45) is 13.0 Å². The number of amides is 1.